The van der Waals surface area contributed by atoms with E-state index in [0.717, 1.165) is 16.9 Å². The molecule has 0 aromatic heterocycles. The average molecular weight is 260 g/mol. The van der Waals surface area contributed by atoms with Crippen LogP contribution in [0.5, 0.6) is 5.75 Å². The molecule has 5 heteroatoms. The van der Waals surface area contributed by atoms with Gasteiger partial charge in [0.15, 0.2) is 0 Å². The van der Waals surface area contributed by atoms with Crippen molar-refractivity contribution in [2.45, 2.75) is 13.5 Å². The van der Waals surface area contributed by atoms with Gasteiger partial charge in [-0.1, -0.05) is 12.1 Å². The lowest BCUT2D eigenvalue weighted by Crippen LogP contribution is -2.28. The summed E-state index contributed by atoms with van der Waals surface area (Å²) in [7, 11) is 3.41. The zero-order valence-electron chi connectivity index (χ0n) is 11.2. The summed E-state index contributed by atoms with van der Waals surface area (Å²) < 4.78 is 5.20. The number of methoxy groups -OCH3 is 1. The number of imide groups is 1. The van der Waals surface area contributed by atoms with Gasteiger partial charge in [-0.2, -0.15) is 0 Å². The van der Waals surface area contributed by atoms with Crippen LogP contribution in [0.1, 0.15) is 11.1 Å². The highest BCUT2D eigenvalue weighted by Crippen LogP contribution is 2.20. The van der Waals surface area contributed by atoms with Gasteiger partial charge < -0.3 is 9.64 Å². The van der Waals surface area contributed by atoms with Crippen LogP contribution in [0.3, 0.4) is 0 Å². The fraction of sp³-hybridized carbons (Fsp3) is 0.286. The summed E-state index contributed by atoms with van der Waals surface area (Å²) in [4.78, 5) is 24.4. The van der Waals surface area contributed by atoms with Gasteiger partial charge in [-0.3, -0.25) is 14.9 Å². The first-order chi connectivity index (χ1) is 9.01. The highest BCUT2D eigenvalue weighted by molar-refractivity contribution is 6.15. The summed E-state index contributed by atoms with van der Waals surface area (Å²) in [5.74, 6) is 0.120. The number of nitrogens with one attached hydrogen (secondary N) is 1. The van der Waals surface area contributed by atoms with Crippen LogP contribution in [-0.2, 0) is 16.1 Å². The standard InChI is InChI=1S/C14H16N2O3/c1-9-6-10(4-5-12(9)19-3)8-16(2)11-7-13(17)15-14(11)18/h4-7H,8H2,1-3H3,(H,15,17,18). The van der Waals surface area contributed by atoms with Crippen molar-refractivity contribution in [3.8, 4) is 5.75 Å². The molecule has 0 saturated heterocycles. The Kier molecular flexibility index (Phi) is 3.55. The van der Waals surface area contributed by atoms with E-state index in [2.05, 4.69) is 5.32 Å². The summed E-state index contributed by atoms with van der Waals surface area (Å²) in [6.07, 6.45) is 1.32. The maximum Gasteiger partial charge on any atom is 0.274 e. The number of carbonyl (C=O) groups is 2. The van der Waals surface area contributed by atoms with Crippen molar-refractivity contribution in [1.82, 2.24) is 10.2 Å². The number of amides is 2. The SMILES string of the molecule is COc1ccc(CN(C)C2=CC(=O)NC2=O)cc1C. The van der Waals surface area contributed by atoms with E-state index in [1.807, 2.05) is 25.1 Å². The monoisotopic (exact) mass is 260 g/mol. The first kappa shape index (κ1) is 13.1. The van der Waals surface area contributed by atoms with Crippen molar-refractivity contribution in [1.29, 1.82) is 0 Å². The number of hydrogen-bond donors (Lipinski definition) is 1. The Labute approximate surface area is 111 Å². The molecular formula is C14H16N2O3. The molecule has 0 saturated carbocycles. The van der Waals surface area contributed by atoms with Gasteiger partial charge in [0.1, 0.15) is 11.4 Å². The second-order valence-electron chi connectivity index (χ2n) is 4.51. The normalized spacial score (nSPS) is 14.2. The Hall–Kier alpha value is -2.30. The van der Waals surface area contributed by atoms with Gasteiger partial charge in [-0.05, 0) is 24.1 Å². The lowest BCUT2D eigenvalue weighted by molar-refractivity contribution is -0.124. The topological polar surface area (TPSA) is 58.6 Å². The van der Waals surface area contributed by atoms with E-state index in [0.29, 0.717) is 12.2 Å². The molecule has 1 heterocycles. The molecule has 0 aliphatic carbocycles. The molecule has 1 aromatic carbocycles. The summed E-state index contributed by atoms with van der Waals surface area (Å²) >= 11 is 0. The molecule has 0 fully saturated rings. The first-order valence-corrected chi connectivity index (χ1v) is 5.93. The summed E-state index contributed by atoms with van der Waals surface area (Å²) in [5, 5.41) is 2.23. The minimum atomic E-state index is -0.363. The van der Waals surface area contributed by atoms with E-state index in [4.69, 9.17) is 4.74 Å². The molecule has 2 rings (SSSR count). The molecule has 1 aromatic rings. The van der Waals surface area contributed by atoms with Gasteiger partial charge in [0.05, 0.1) is 7.11 Å². The highest BCUT2D eigenvalue weighted by atomic mass is 16.5. The van der Waals surface area contributed by atoms with Crippen molar-refractivity contribution >= 4 is 11.8 Å². The largest absolute Gasteiger partial charge is 0.496 e. The fourth-order valence-corrected chi connectivity index (χ4v) is 2.08. The first-order valence-electron chi connectivity index (χ1n) is 5.93. The highest BCUT2D eigenvalue weighted by Gasteiger charge is 2.23. The number of ether oxygens (including phenoxy) is 1. The van der Waals surface area contributed by atoms with E-state index in [9.17, 15) is 9.59 Å². The minimum absolute atomic E-state index is 0.349. The van der Waals surface area contributed by atoms with Crippen LogP contribution in [0.4, 0.5) is 0 Å². The smallest absolute Gasteiger partial charge is 0.274 e. The summed E-state index contributed by atoms with van der Waals surface area (Å²) in [6, 6.07) is 5.84. The Balaban J connectivity index is 2.13. The molecular weight excluding hydrogens is 244 g/mol. The Morgan fingerprint density at radius 3 is 2.58 bits per heavy atom. The van der Waals surface area contributed by atoms with Gasteiger partial charge in [-0.15, -0.1) is 0 Å². The van der Waals surface area contributed by atoms with E-state index in [-0.39, 0.29) is 11.8 Å². The Morgan fingerprint density at radius 1 is 1.32 bits per heavy atom. The fourth-order valence-electron chi connectivity index (χ4n) is 2.08. The third-order valence-corrected chi connectivity index (χ3v) is 3.03. The van der Waals surface area contributed by atoms with Gasteiger partial charge in [-0.25, -0.2) is 0 Å². The van der Waals surface area contributed by atoms with Crippen molar-refractivity contribution in [3.63, 3.8) is 0 Å². The van der Waals surface area contributed by atoms with Crippen molar-refractivity contribution in [3.05, 3.63) is 41.1 Å². The molecule has 0 unspecified atom stereocenters. The molecule has 1 aliphatic rings. The number of likely N-dealkylation sites (N-methyl/N-ethyl adjacent to an activating group) is 1. The van der Waals surface area contributed by atoms with Crippen LogP contribution in [0.2, 0.25) is 0 Å². The van der Waals surface area contributed by atoms with Gasteiger partial charge >= 0.3 is 0 Å². The van der Waals surface area contributed by atoms with Crippen LogP contribution >= 0.6 is 0 Å². The molecule has 100 valence electrons. The maximum absolute atomic E-state index is 11.5. The lowest BCUT2D eigenvalue weighted by Gasteiger charge is -2.19. The molecule has 1 aliphatic heterocycles. The summed E-state index contributed by atoms with van der Waals surface area (Å²) in [6.45, 7) is 2.52. The number of benzene rings is 1. The molecule has 19 heavy (non-hydrogen) atoms. The maximum atomic E-state index is 11.5. The van der Waals surface area contributed by atoms with Crippen LogP contribution in [0.15, 0.2) is 30.0 Å². The molecule has 0 bridgehead atoms. The molecule has 0 radical (unpaired) electrons. The molecule has 5 nitrogen and oxygen atoms in total. The van der Waals surface area contributed by atoms with Crippen LogP contribution in [0, 0.1) is 6.92 Å². The van der Waals surface area contributed by atoms with Crippen molar-refractivity contribution in [2.24, 2.45) is 0 Å². The lowest BCUT2D eigenvalue weighted by atomic mass is 10.1. The second kappa shape index (κ2) is 5.14. The number of rotatable bonds is 4. The van der Waals surface area contributed by atoms with E-state index in [1.54, 1.807) is 19.1 Å². The van der Waals surface area contributed by atoms with Gasteiger partial charge in [0, 0.05) is 19.7 Å². The molecule has 2 amide bonds. The van der Waals surface area contributed by atoms with E-state index >= 15 is 0 Å². The predicted molar refractivity (Wildman–Crippen MR) is 70.4 cm³/mol. The van der Waals surface area contributed by atoms with E-state index < -0.39 is 0 Å². The van der Waals surface area contributed by atoms with Crippen LogP contribution < -0.4 is 10.1 Å². The van der Waals surface area contributed by atoms with Crippen LogP contribution in [0.25, 0.3) is 0 Å². The Morgan fingerprint density at radius 2 is 2.05 bits per heavy atom. The number of hydrogen-bond acceptors (Lipinski definition) is 4. The zero-order valence-corrected chi connectivity index (χ0v) is 11.2. The molecule has 0 spiro atoms. The minimum Gasteiger partial charge on any atom is -0.496 e. The number of nitrogens with zero attached hydrogens (tertiary/aromatic N) is 1. The molecule has 1 N–H and O–H groups in total. The third-order valence-electron chi connectivity index (χ3n) is 3.03. The van der Waals surface area contributed by atoms with Crippen LogP contribution in [-0.4, -0.2) is 30.9 Å². The Bertz CT molecular complexity index is 564. The van der Waals surface area contributed by atoms with Gasteiger partial charge in [0.2, 0.25) is 0 Å². The van der Waals surface area contributed by atoms with Gasteiger partial charge in [0.25, 0.3) is 11.8 Å². The number of carbonyl (C=O) groups excluding carboxylic acids is 2. The number of aryl methyl sites for hydroxylation is 1. The quantitative estimate of drug-likeness (QED) is 0.820. The van der Waals surface area contributed by atoms with Crippen molar-refractivity contribution < 1.29 is 14.3 Å². The third kappa shape index (κ3) is 2.76. The second-order valence-corrected chi connectivity index (χ2v) is 4.51. The van der Waals surface area contributed by atoms with Crippen molar-refractivity contribution in [2.75, 3.05) is 14.2 Å². The zero-order chi connectivity index (χ0) is 14.0. The molecule has 0 atom stereocenters. The van der Waals surface area contributed by atoms with E-state index in [1.165, 1.54) is 6.08 Å². The predicted octanol–water partition coefficient (Wildman–Crippen LogP) is 0.976. The average Bonchev–Trinajstić information content (AvgIpc) is 2.69. The summed E-state index contributed by atoms with van der Waals surface area (Å²) in [5.41, 5.74) is 2.47.